The van der Waals surface area contributed by atoms with Crippen LogP contribution in [0.1, 0.15) is 34.6 Å². The van der Waals surface area contributed by atoms with E-state index in [1.807, 2.05) is 24.3 Å². The third kappa shape index (κ3) is 4.70. The van der Waals surface area contributed by atoms with Gasteiger partial charge in [0.25, 0.3) is 5.69 Å². The van der Waals surface area contributed by atoms with Gasteiger partial charge in [-0.3, -0.25) is 10.1 Å². The fourth-order valence-electron chi connectivity index (χ4n) is 4.02. The van der Waals surface area contributed by atoms with Crippen LogP contribution in [0.25, 0.3) is 11.1 Å². The van der Waals surface area contributed by atoms with Crippen LogP contribution in [0.15, 0.2) is 60.7 Å². The fourth-order valence-corrected chi connectivity index (χ4v) is 4.02. The van der Waals surface area contributed by atoms with Gasteiger partial charge in [-0.15, -0.1) is 0 Å². The number of rotatable bonds is 5. The number of nitro groups is 1. The molecule has 0 aromatic heterocycles. The number of fused-ring (bicyclic) bond motifs is 3. The molecule has 0 atom stereocenters. The van der Waals surface area contributed by atoms with E-state index in [9.17, 15) is 19.3 Å². The molecule has 1 aliphatic rings. The zero-order chi connectivity index (χ0) is 23.4. The molecule has 0 aliphatic heterocycles. The molecule has 0 heterocycles. The molecule has 0 spiro atoms. The van der Waals surface area contributed by atoms with E-state index in [1.54, 1.807) is 0 Å². The van der Waals surface area contributed by atoms with E-state index in [0.717, 1.165) is 34.4 Å². The number of carbonyl (C=O) groups excluding carboxylic acids is 1. The summed E-state index contributed by atoms with van der Waals surface area (Å²) >= 11 is 0. The number of carbonyl (C=O) groups is 1. The number of hydrogen-bond donors (Lipinski definition) is 1. The molecule has 1 N–H and O–H groups in total. The lowest BCUT2D eigenvalue weighted by Crippen LogP contribution is -2.26. The molecule has 1 amide bonds. The minimum Gasteiger partial charge on any atom is -0.449 e. The number of nitrogens with one attached hydrogen (secondary N) is 1. The highest BCUT2D eigenvalue weighted by Gasteiger charge is 2.28. The van der Waals surface area contributed by atoms with Crippen molar-refractivity contribution in [1.82, 2.24) is 5.32 Å². The molecule has 1 aliphatic carbocycles. The number of hydrogen-bond acceptors (Lipinski definition) is 4. The average molecular weight is 444 g/mol. The molecule has 0 unspecified atom stereocenters. The van der Waals surface area contributed by atoms with Crippen LogP contribution >= 0.6 is 0 Å². The molecule has 0 saturated heterocycles. The second-order valence-electron chi connectivity index (χ2n) is 7.66. The molecule has 7 heteroatoms. The van der Waals surface area contributed by atoms with Crippen molar-refractivity contribution < 1.29 is 18.8 Å². The SMILES string of the molecule is Cc1c(C#CCCNC(=O)OCC2c3ccccc3-c3ccccc32)cc(F)cc1[N+](=O)[O-]. The Bertz CT molecular complexity index is 1250. The highest BCUT2D eigenvalue weighted by molar-refractivity contribution is 5.79. The van der Waals surface area contributed by atoms with Crippen molar-refractivity contribution in [3.63, 3.8) is 0 Å². The van der Waals surface area contributed by atoms with Crippen LogP contribution in [0.2, 0.25) is 0 Å². The van der Waals surface area contributed by atoms with Gasteiger partial charge in [0.1, 0.15) is 12.4 Å². The summed E-state index contributed by atoms with van der Waals surface area (Å²) in [5.41, 5.74) is 4.83. The zero-order valence-corrected chi connectivity index (χ0v) is 17.9. The van der Waals surface area contributed by atoms with Crippen molar-refractivity contribution in [2.24, 2.45) is 0 Å². The Kier molecular flexibility index (Phi) is 6.36. The van der Waals surface area contributed by atoms with E-state index in [0.29, 0.717) is 5.56 Å². The van der Waals surface area contributed by atoms with Gasteiger partial charge in [0.15, 0.2) is 0 Å². The maximum absolute atomic E-state index is 13.6. The topological polar surface area (TPSA) is 81.5 Å². The van der Waals surface area contributed by atoms with Crippen molar-refractivity contribution in [3.8, 4) is 23.0 Å². The van der Waals surface area contributed by atoms with Crippen molar-refractivity contribution in [1.29, 1.82) is 0 Å². The average Bonchev–Trinajstić information content (AvgIpc) is 3.13. The van der Waals surface area contributed by atoms with Gasteiger partial charge < -0.3 is 10.1 Å². The van der Waals surface area contributed by atoms with E-state index < -0.39 is 16.8 Å². The van der Waals surface area contributed by atoms with E-state index in [2.05, 4.69) is 41.4 Å². The van der Waals surface area contributed by atoms with Crippen molar-refractivity contribution >= 4 is 11.8 Å². The van der Waals surface area contributed by atoms with Gasteiger partial charge in [-0.2, -0.15) is 0 Å². The van der Waals surface area contributed by atoms with Crippen LogP contribution in [0.5, 0.6) is 0 Å². The maximum Gasteiger partial charge on any atom is 0.407 e. The highest BCUT2D eigenvalue weighted by Crippen LogP contribution is 2.44. The Morgan fingerprint density at radius 2 is 1.76 bits per heavy atom. The molecular weight excluding hydrogens is 423 g/mol. The second kappa shape index (κ2) is 9.53. The van der Waals surface area contributed by atoms with Crippen molar-refractivity contribution in [2.75, 3.05) is 13.2 Å². The Labute approximate surface area is 190 Å². The minimum atomic E-state index is -0.714. The number of nitrogens with zero attached hydrogens (tertiary/aromatic N) is 1. The summed E-state index contributed by atoms with van der Waals surface area (Å²) in [6.45, 7) is 1.98. The molecule has 3 aromatic rings. The molecule has 0 bridgehead atoms. The number of alkyl carbamates (subject to hydrolysis) is 1. The third-order valence-electron chi connectivity index (χ3n) is 5.63. The Morgan fingerprint density at radius 1 is 1.12 bits per heavy atom. The molecule has 6 nitrogen and oxygen atoms in total. The van der Waals surface area contributed by atoms with E-state index >= 15 is 0 Å². The largest absolute Gasteiger partial charge is 0.449 e. The monoisotopic (exact) mass is 444 g/mol. The number of benzene rings is 3. The minimum absolute atomic E-state index is 0.0188. The Morgan fingerprint density at radius 3 is 2.39 bits per heavy atom. The molecule has 0 radical (unpaired) electrons. The number of halogens is 1. The first-order valence-corrected chi connectivity index (χ1v) is 10.5. The van der Waals surface area contributed by atoms with Gasteiger partial charge in [0, 0.05) is 30.0 Å². The van der Waals surface area contributed by atoms with Crippen LogP contribution in [0.3, 0.4) is 0 Å². The Hall–Kier alpha value is -4.18. The number of amides is 1. The number of nitro benzene ring substituents is 1. The first kappa shape index (κ1) is 22.0. The quantitative estimate of drug-likeness (QED) is 0.250. The summed E-state index contributed by atoms with van der Waals surface area (Å²) in [6.07, 6.45) is -0.259. The van der Waals surface area contributed by atoms with Gasteiger partial charge >= 0.3 is 6.09 Å². The van der Waals surface area contributed by atoms with Crippen molar-refractivity contribution in [2.45, 2.75) is 19.3 Å². The summed E-state index contributed by atoms with van der Waals surface area (Å²) in [4.78, 5) is 22.5. The van der Waals surface area contributed by atoms with Gasteiger partial charge in [0.05, 0.1) is 11.0 Å². The molecular formula is C26H21FN2O4. The zero-order valence-electron chi connectivity index (χ0n) is 17.9. The van der Waals surface area contributed by atoms with Gasteiger partial charge in [-0.05, 0) is 35.2 Å². The summed E-state index contributed by atoms with van der Waals surface area (Å²) in [6, 6.07) is 18.2. The lowest BCUT2D eigenvalue weighted by molar-refractivity contribution is -0.385. The molecule has 166 valence electrons. The molecule has 33 heavy (non-hydrogen) atoms. The number of ether oxygens (including phenoxy) is 1. The molecule has 3 aromatic carbocycles. The van der Waals surface area contributed by atoms with Crippen LogP contribution in [-0.2, 0) is 4.74 Å². The standard InChI is InChI=1S/C26H21FN2O4/c1-17-18(14-19(27)15-25(17)29(31)32)8-6-7-13-28-26(30)33-16-24-22-11-4-2-9-20(22)21-10-3-5-12-23(21)24/h2-5,9-12,14-15,24H,7,13,16H2,1H3,(H,28,30). The van der Waals surface area contributed by atoms with E-state index in [4.69, 9.17) is 4.74 Å². The first-order chi connectivity index (χ1) is 16.0. The van der Waals surface area contributed by atoms with Gasteiger partial charge in [-0.25, -0.2) is 9.18 Å². The molecule has 4 rings (SSSR count). The van der Waals surface area contributed by atoms with Crippen molar-refractivity contribution in [3.05, 3.63) is 98.8 Å². The van der Waals surface area contributed by atoms with E-state index in [1.165, 1.54) is 6.92 Å². The summed E-state index contributed by atoms with van der Waals surface area (Å²) in [5, 5.41) is 13.7. The normalized spacial score (nSPS) is 11.7. The Balaban J connectivity index is 1.31. The summed E-state index contributed by atoms with van der Waals surface area (Å²) < 4.78 is 19.1. The predicted molar refractivity (Wildman–Crippen MR) is 122 cm³/mol. The van der Waals surface area contributed by atoms with Crippen LogP contribution in [0, 0.1) is 34.7 Å². The summed E-state index contributed by atoms with van der Waals surface area (Å²) in [7, 11) is 0. The van der Waals surface area contributed by atoms with Crippen LogP contribution in [0.4, 0.5) is 14.9 Å². The third-order valence-corrected chi connectivity index (χ3v) is 5.63. The molecule has 0 saturated carbocycles. The van der Waals surface area contributed by atoms with Crippen LogP contribution in [-0.4, -0.2) is 24.2 Å². The predicted octanol–water partition coefficient (Wildman–Crippen LogP) is 5.32. The van der Waals surface area contributed by atoms with Gasteiger partial charge in [0.2, 0.25) is 0 Å². The smallest absolute Gasteiger partial charge is 0.407 e. The van der Waals surface area contributed by atoms with E-state index in [-0.39, 0.29) is 36.7 Å². The van der Waals surface area contributed by atoms with Gasteiger partial charge in [-0.1, -0.05) is 60.4 Å². The fraction of sp³-hybridized carbons (Fsp3) is 0.192. The lowest BCUT2D eigenvalue weighted by Gasteiger charge is -2.14. The lowest BCUT2D eigenvalue weighted by atomic mass is 9.98. The second-order valence-corrected chi connectivity index (χ2v) is 7.66. The molecule has 0 fully saturated rings. The summed E-state index contributed by atoms with van der Waals surface area (Å²) in [5.74, 6) is 4.81. The first-order valence-electron chi connectivity index (χ1n) is 10.5. The highest BCUT2D eigenvalue weighted by atomic mass is 19.1. The van der Waals surface area contributed by atoms with Crippen LogP contribution < -0.4 is 5.32 Å². The maximum atomic E-state index is 13.6.